The first-order chi connectivity index (χ1) is 13.3. The molecule has 4 rings (SSSR count). The van der Waals surface area contributed by atoms with Crippen LogP contribution in [0, 0.1) is 0 Å². The number of benzene rings is 1. The number of aromatic nitrogens is 2. The van der Waals surface area contributed by atoms with Crippen molar-refractivity contribution < 1.29 is 4.79 Å². The molecule has 144 valence electrons. The van der Waals surface area contributed by atoms with E-state index in [9.17, 15) is 4.79 Å². The van der Waals surface area contributed by atoms with Crippen LogP contribution < -0.4 is 0 Å². The van der Waals surface area contributed by atoms with Gasteiger partial charge in [0.25, 0.3) is 0 Å². The first kappa shape index (κ1) is 18.3. The predicted octanol–water partition coefficient (Wildman–Crippen LogP) is 5.04. The van der Waals surface area contributed by atoms with Crippen LogP contribution in [0.5, 0.6) is 0 Å². The van der Waals surface area contributed by atoms with Gasteiger partial charge >= 0.3 is 0 Å². The molecule has 0 atom stereocenters. The van der Waals surface area contributed by atoms with Gasteiger partial charge in [-0.25, -0.2) is 4.98 Å². The van der Waals surface area contributed by atoms with Crippen molar-refractivity contribution in [2.75, 3.05) is 0 Å². The topological polar surface area (TPSA) is 38.1 Å². The van der Waals surface area contributed by atoms with E-state index < -0.39 is 0 Å². The van der Waals surface area contributed by atoms with Gasteiger partial charge in [0.1, 0.15) is 12.4 Å². The number of amides is 1. The second kappa shape index (κ2) is 8.73. The summed E-state index contributed by atoms with van der Waals surface area (Å²) in [6, 6.07) is 11.1. The first-order valence-electron chi connectivity index (χ1n) is 10.7. The molecule has 1 heterocycles. The second-order valence-corrected chi connectivity index (χ2v) is 8.13. The molecule has 2 aliphatic rings. The third-order valence-electron chi connectivity index (χ3n) is 6.28. The number of hydrogen-bond acceptors (Lipinski definition) is 2. The van der Waals surface area contributed by atoms with E-state index in [-0.39, 0.29) is 5.91 Å². The third kappa shape index (κ3) is 4.26. The minimum atomic E-state index is 0.281. The lowest BCUT2D eigenvalue weighted by Gasteiger charge is -2.42. The molecule has 4 nitrogen and oxygen atoms in total. The Kier molecular flexibility index (Phi) is 5.90. The fraction of sp³-hybridized carbons (Fsp3) is 0.565. The van der Waals surface area contributed by atoms with Gasteiger partial charge in [-0.2, -0.15) is 0 Å². The average Bonchev–Trinajstić information content (AvgIpc) is 3.18. The highest BCUT2D eigenvalue weighted by Gasteiger charge is 2.32. The molecular weight excluding hydrogens is 334 g/mol. The number of hydrogen-bond donors (Lipinski definition) is 0. The lowest BCUT2D eigenvalue weighted by Crippen LogP contribution is -2.49. The smallest absolute Gasteiger partial charge is 0.243 e. The number of nitrogens with zero attached hydrogens (tertiary/aromatic N) is 3. The maximum absolute atomic E-state index is 13.5. The van der Waals surface area contributed by atoms with Crippen LogP contribution in [0.25, 0.3) is 11.4 Å². The minimum Gasteiger partial charge on any atom is -0.335 e. The molecule has 1 amide bonds. The third-order valence-corrected chi connectivity index (χ3v) is 6.28. The molecule has 0 unspecified atom stereocenters. The Hall–Kier alpha value is -2.10. The number of imidazole rings is 1. The van der Waals surface area contributed by atoms with Crippen molar-refractivity contribution in [3.05, 3.63) is 42.7 Å². The molecule has 0 spiro atoms. The minimum absolute atomic E-state index is 0.281. The van der Waals surface area contributed by atoms with E-state index in [2.05, 4.69) is 22.0 Å². The van der Waals surface area contributed by atoms with E-state index in [0.29, 0.717) is 18.6 Å². The Labute approximate surface area is 162 Å². The summed E-state index contributed by atoms with van der Waals surface area (Å²) in [5.74, 6) is 1.17. The summed E-state index contributed by atoms with van der Waals surface area (Å²) >= 11 is 0. The van der Waals surface area contributed by atoms with Crippen molar-refractivity contribution in [1.82, 2.24) is 14.5 Å². The van der Waals surface area contributed by atoms with E-state index in [1.54, 1.807) is 6.20 Å². The summed E-state index contributed by atoms with van der Waals surface area (Å²) in [5.41, 5.74) is 1.07. The van der Waals surface area contributed by atoms with Crippen LogP contribution in [0.15, 0.2) is 42.7 Å². The average molecular weight is 366 g/mol. The molecule has 0 bridgehead atoms. The van der Waals surface area contributed by atoms with Crippen LogP contribution in [0.1, 0.15) is 64.2 Å². The molecule has 2 saturated carbocycles. The van der Waals surface area contributed by atoms with Gasteiger partial charge in [0.2, 0.25) is 5.91 Å². The fourth-order valence-electron chi connectivity index (χ4n) is 4.94. The lowest BCUT2D eigenvalue weighted by molar-refractivity contribution is -0.138. The van der Waals surface area contributed by atoms with Crippen LogP contribution in [-0.2, 0) is 11.3 Å². The molecule has 0 N–H and O–H groups in total. The molecular formula is C23H31N3O. The van der Waals surface area contributed by atoms with Gasteiger partial charge < -0.3 is 9.47 Å². The molecule has 4 heteroatoms. The van der Waals surface area contributed by atoms with Crippen molar-refractivity contribution in [3.63, 3.8) is 0 Å². The van der Waals surface area contributed by atoms with Crippen molar-refractivity contribution in [3.8, 4) is 11.4 Å². The summed E-state index contributed by atoms with van der Waals surface area (Å²) in [6.45, 7) is 0.400. The SMILES string of the molecule is O=C(Cn1ccnc1-c1ccccc1)N(C1CCCCC1)C1CCCCC1. The second-order valence-electron chi connectivity index (χ2n) is 8.13. The van der Waals surface area contributed by atoms with E-state index >= 15 is 0 Å². The highest BCUT2D eigenvalue weighted by molar-refractivity contribution is 5.77. The molecule has 2 fully saturated rings. The van der Waals surface area contributed by atoms with Crippen LogP contribution in [-0.4, -0.2) is 32.4 Å². The maximum Gasteiger partial charge on any atom is 0.243 e. The zero-order valence-corrected chi connectivity index (χ0v) is 16.2. The molecule has 0 aliphatic heterocycles. The Morgan fingerprint density at radius 2 is 1.52 bits per heavy atom. The number of carbonyl (C=O) groups is 1. The van der Waals surface area contributed by atoms with Crippen LogP contribution in [0.3, 0.4) is 0 Å². The summed E-state index contributed by atoms with van der Waals surface area (Å²) in [6.07, 6.45) is 16.2. The lowest BCUT2D eigenvalue weighted by atomic mass is 9.88. The summed E-state index contributed by atoms with van der Waals surface area (Å²) in [5, 5.41) is 0. The van der Waals surface area contributed by atoms with Gasteiger partial charge in [0.05, 0.1) is 0 Å². The monoisotopic (exact) mass is 365 g/mol. The van der Waals surface area contributed by atoms with E-state index in [4.69, 9.17) is 0 Å². The molecule has 0 saturated heterocycles. The highest BCUT2D eigenvalue weighted by Crippen LogP contribution is 2.30. The zero-order valence-electron chi connectivity index (χ0n) is 16.2. The Morgan fingerprint density at radius 3 is 2.11 bits per heavy atom. The van der Waals surface area contributed by atoms with Crippen molar-refractivity contribution >= 4 is 5.91 Å². The van der Waals surface area contributed by atoms with Gasteiger partial charge in [0.15, 0.2) is 0 Å². The van der Waals surface area contributed by atoms with Gasteiger partial charge in [-0.3, -0.25) is 4.79 Å². The fourth-order valence-corrected chi connectivity index (χ4v) is 4.94. The molecule has 1 aromatic heterocycles. The molecule has 2 aliphatic carbocycles. The Bertz CT molecular complexity index is 709. The Balaban J connectivity index is 1.54. The van der Waals surface area contributed by atoms with E-state index in [1.807, 2.05) is 29.0 Å². The standard InChI is InChI=1S/C23H31N3O/c27-22(18-25-17-16-24-23(25)19-10-4-1-5-11-19)26(20-12-6-2-7-13-20)21-14-8-3-9-15-21/h1,4-5,10-11,16-17,20-21H,2-3,6-9,12-15,18H2. The van der Waals surface area contributed by atoms with Crippen LogP contribution >= 0.6 is 0 Å². The quantitative estimate of drug-likeness (QED) is 0.744. The normalized spacial score (nSPS) is 19.1. The summed E-state index contributed by atoms with van der Waals surface area (Å²) < 4.78 is 2.02. The van der Waals surface area contributed by atoms with E-state index in [1.165, 1.54) is 64.2 Å². The van der Waals surface area contributed by atoms with Gasteiger partial charge in [-0.15, -0.1) is 0 Å². The summed E-state index contributed by atoms with van der Waals surface area (Å²) in [7, 11) is 0. The van der Waals surface area contributed by atoms with Gasteiger partial charge in [-0.05, 0) is 25.7 Å². The first-order valence-corrected chi connectivity index (χ1v) is 10.7. The van der Waals surface area contributed by atoms with E-state index in [0.717, 1.165) is 11.4 Å². The molecule has 2 aromatic rings. The van der Waals surface area contributed by atoms with Gasteiger partial charge in [0, 0.05) is 30.0 Å². The maximum atomic E-state index is 13.5. The summed E-state index contributed by atoms with van der Waals surface area (Å²) in [4.78, 5) is 20.3. The molecule has 1 aromatic carbocycles. The van der Waals surface area contributed by atoms with Crippen LogP contribution in [0.2, 0.25) is 0 Å². The van der Waals surface area contributed by atoms with Crippen molar-refractivity contribution in [1.29, 1.82) is 0 Å². The van der Waals surface area contributed by atoms with Crippen molar-refractivity contribution in [2.24, 2.45) is 0 Å². The number of carbonyl (C=O) groups excluding carboxylic acids is 1. The van der Waals surface area contributed by atoms with Crippen LogP contribution in [0.4, 0.5) is 0 Å². The molecule has 27 heavy (non-hydrogen) atoms. The number of rotatable bonds is 5. The molecule has 0 radical (unpaired) electrons. The Morgan fingerprint density at radius 1 is 0.926 bits per heavy atom. The highest BCUT2D eigenvalue weighted by atomic mass is 16.2. The van der Waals surface area contributed by atoms with Gasteiger partial charge in [-0.1, -0.05) is 68.9 Å². The van der Waals surface area contributed by atoms with Crippen molar-refractivity contribution in [2.45, 2.75) is 82.8 Å². The zero-order chi connectivity index (χ0) is 18.5. The predicted molar refractivity (Wildman–Crippen MR) is 108 cm³/mol. The largest absolute Gasteiger partial charge is 0.335 e.